The summed E-state index contributed by atoms with van der Waals surface area (Å²) in [6.07, 6.45) is 10.8. The van der Waals surface area contributed by atoms with E-state index in [1.165, 1.54) is 27.5 Å². The van der Waals surface area contributed by atoms with Crippen molar-refractivity contribution in [2.75, 3.05) is 0 Å². The van der Waals surface area contributed by atoms with Crippen LogP contribution in [0.15, 0.2) is 48.1 Å². The molecule has 0 bridgehead atoms. The molecule has 2 aromatic carbocycles. The smallest absolute Gasteiger partial charge is 1.00 e. The summed E-state index contributed by atoms with van der Waals surface area (Å²) in [5, 5.41) is 2.85. The summed E-state index contributed by atoms with van der Waals surface area (Å²) < 4.78 is 0. The standard InChI is InChI=1S/C13H15.C9H13.C2H6Si.2ClH.Zr/c1-3-10-9-11-7-5-6-8-13(11)12(10)4-2;1-9(2,3)8-6-4-5-7-8;1-3-2;;;/h5-9H,3-4H2,1-2H3;6-7H,4H2,1-3H3;1-2H3;2*1H;/q2*-1;;;;+2/p-2. The number of allylic oxidation sites excluding steroid dienone is 4. The van der Waals surface area contributed by atoms with Crippen LogP contribution < -0.4 is 24.8 Å². The largest absolute Gasteiger partial charge is 1.00 e. The molecule has 3 rings (SSSR count). The van der Waals surface area contributed by atoms with Gasteiger partial charge in [0.25, 0.3) is 0 Å². The Balaban J connectivity index is 0. The Morgan fingerprint density at radius 3 is 2.04 bits per heavy atom. The van der Waals surface area contributed by atoms with Crippen molar-refractivity contribution < 1.29 is 48.1 Å². The monoisotopic (exact) mass is 510 g/mol. The van der Waals surface area contributed by atoms with Crippen molar-refractivity contribution in [2.45, 2.75) is 67.0 Å². The first kappa shape index (κ1) is 30.2. The van der Waals surface area contributed by atoms with Gasteiger partial charge in [-0.2, -0.15) is 17.2 Å². The molecule has 0 atom stereocenters. The number of benzene rings is 1. The molecule has 0 amide bonds. The molecule has 1 aliphatic rings. The molecule has 0 saturated carbocycles. The molecule has 0 nitrogen and oxygen atoms in total. The fourth-order valence-corrected chi connectivity index (χ4v) is 3.00. The van der Waals surface area contributed by atoms with Crippen LogP contribution in [-0.2, 0) is 36.2 Å². The molecule has 0 spiro atoms. The van der Waals surface area contributed by atoms with Crippen LogP contribution in [-0.4, -0.2) is 5.43 Å². The number of halogens is 2. The fourth-order valence-electron chi connectivity index (χ4n) is 3.00. The predicted octanol–water partition coefficient (Wildman–Crippen LogP) is 1.20. The normalized spacial score (nSPS) is 12.0. The molecular weight excluding hydrogens is 478 g/mol. The van der Waals surface area contributed by atoms with Crippen molar-refractivity contribution in [2.24, 2.45) is 5.41 Å². The second-order valence-electron chi connectivity index (χ2n) is 7.90. The van der Waals surface area contributed by atoms with E-state index in [1.807, 2.05) is 0 Å². The summed E-state index contributed by atoms with van der Waals surface area (Å²) in [6, 6.07) is 11.0. The van der Waals surface area contributed by atoms with Gasteiger partial charge in [0.2, 0.25) is 0 Å². The Morgan fingerprint density at radius 1 is 1.07 bits per heavy atom. The first-order chi connectivity index (χ1) is 12.2. The summed E-state index contributed by atoms with van der Waals surface area (Å²) in [4.78, 5) is 0. The van der Waals surface area contributed by atoms with Gasteiger partial charge < -0.3 is 24.8 Å². The van der Waals surface area contributed by atoms with Crippen LogP contribution in [0.3, 0.4) is 0 Å². The van der Waals surface area contributed by atoms with Gasteiger partial charge in [0.1, 0.15) is 0 Å². The van der Waals surface area contributed by atoms with Crippen molar-refractivity contribution in [1.29, 1.82) is 0 Å². The van der Waals surface area contributed by atoms with E-state index < -0.39 is 0 Å². The van der Waals surface area contributed by atoms with Gasteiger partial charge in [-0.25, -0.2) is 6.08 Å². The Kier molecular flexibility index (Phi) is 16.1. The van der Waals surface area contributed by atoms with E-state index in [0.717, 1.165) is 19.3 Å². The van der Waals surface area contributed by atoms with Crippen LogP contribution in [0, 0.1) is 11.5 Å². The maximum absolute atomic E-state index is 3.16. The van der Waals surface area contributed by atoms with Gasteiger partial charge in [-0.15, -0.1) is 47.0 Å². The average molecular weight is 513 g/mol. The number of hydrogen-bond acceptors (Lipinski definition) is 0. The topological polar surface area (TPSA) is 0 Å². The SMILES string of the molecule is CC(C)(C)C1=CC[C-]=C1.CCc1[cH-]c2ccccc2c1CC.C[Si](C)=[Zr+2].[Cl-].[Cl-]. The molecule has 0 N–H and O–H groups in total. The molecule has 0 fully saturated rings. The summed E-state index contributed by atoms with van der Waals surface area (Å²) in [5.41, 5.74) is 5.01. The van der Waals surface area contributed by atoms with Gasteiger partial charge in [-0.1, -0.05) is 52.5 Å². The first-order valence-electron chi connectivity index (χ1n) is 9.65. The van der Waals surface area contributed by atoms with Crippen LogP contribution in [0.1, 0.15) is 52.2 Å². The molecule has 154 valence electrons. The van der Waals surface area contributed by atoms with E-state index in [-0.39, 0.29) is 30.2 Å². The van der Waals surface area contributed by atoms with Gasteiger partial charge in [-0.05, 0) is 6.42 Å². The minimum atomic E-state index is 0. The molecule has 1 aliphatic carbocycles. The van der Waals surface area contributed by atoms with Crippen LogP contribution in [0.4, 0.5) is 0 Å². The predicted molar refractivity (Wildman–Crippen MR) is 116 cm³/mol. The van der Waals surface area contributed by atoms with Gasteiger partial charge in [0, 0.05) is 0 Å². The number of rotatable bonds is 2. The van der Waals surface area contributed by atoms with Gasteiger partial charge in [0.15, 0.2) is 0 Å². The Labute approximate surface area is 200 Å². The third-order valence-electron chi connectivity index (χ3n) is 4.30. The van der Waals surface area contributed by atoms with E-state index in [2.05, 4.69) is 96.3 Å². The molecule has 0 aliphatic heterocycles. The summed E-state index contributed by atoms with van der Waals surface area (Å²) in [6.45, 7) is 15.8. The Morgan fingerprint density at radius 2 is 1.64 bits per heavy atom. The maximum atomic E-state index is 3.16. The zero-order valence-corrected chi connectivity index (χ0v) is 23.4. The third kappa shape index (κ3) is 10.1. The molecular formula is C24H34Cl2SiZr-2. The minimum absolute atomic E-state index is 0. The van der Waals surface area contributed by atoms with Crippen LogP contribution in [0.2, 0.25) is 13.1 Å². The molecule has 2 aromatic rings. The zero-order chi connectivity index (χ0) is 19.7. The molecule has 4 heteroatoms. The van der Waals surface area contributed by atoms with E-state index >= 15 is 0 Å². The van der Waals surface area contributed by atoms with Gasteiger partial charge >= 0.3 is 41.9 Å². The number of fused-ring (bicyclic) bond motifs is 1. The van der Waals surface area contributed by atoms with E-state index in [1.54, 1.807) is 23.3 Å². The molecule has 0 radical (unpaired) electrons. The van der Waals surface area contributed by atoms with Crippen molar-refractivity contribution in [3.05, 3.63) is 65.3 Å². The van der Waals surface area contributed by atoms with E-state index in [9.17, 15) is 0 Å². The molecule has 0 heterocycles. The quantitative estimate of drug-likeness (QED) is 0.419. The molecule has 28 heavy (non-hydrogen) atoms. The minimum Gasteiger partial charge on any atom is -1.00 e. The van der Waals surface area contributed by atoms with E-state index in [4.69, 9.17) is 0 Å². The number of aryl methyl sites for hydroxylation is 2. The van der Waals surface area contributed by atoms with Crippen LogP contribution in [0.25, 0.3) is 10.8 Å². The molecule has 0 aromatic heterocycles. The third-order valence-corrected chi connectivity index (χ3v) is 4.30. The van der Waals surface area contributed by atoms with Crippen LogP contribution in [0.5, 0.6) is 0 Å². The second kappa shape index (κ2) is 14.9. The zero-order valence-electron chi connectivity index (χ0n) is 18.4. The number of hydrogen-bond donors (Lipinski definition) is 0. The van der Waals surface area contributed by atoms with Crippen molar-refractivity contribution >= 4 is 16.2 Å². The van der Waals surface area contributed by atoms with Crippen molar-refractivity contribution in [1.82, 2.24) is 0 Å². The summed E-state index contributed by atoms with van der Waals surface area (Å²) in [5.74, 6) is 0. The first-order valence-corrected chi connectivity index (χ1v) is 15.8. The van der Waals surface area contributed by atoms with Gasteiger partial charge in [0.05, 0.1) is 0 Å². The van der Waals surface area contributed by atoms with Gasteiger partial charge in [-0.3, -0.25) is 6.08 Å². The fraction of sp³-hybridized carbons (Fsp3) is 0.458. The molecule has 0 saturated heterocycles. The Bertz CT molecular complexity index is 775. The second-order valence-corrected chi connectivity index (χ2v) is 17.3. The summed E-state index contributed by atoms with van der Waals surface area (Å²) >= 11 is 1.74. The van der Waals surface area contributed by atoms with Crippen molar-refractivity contribution in [3.63, 3.8) is 0 Å². The van der Waals surface area contributed by atoms with E-state index in [0.29, 0.717) is 5.41 Å². The Hall–Kier alpha value is -0.01000. The summed E-state index contributed by atoms with van der Waals surface area (Å²) in [7, 11) is 0. The molecule has 0 unspecified atom stereocenters. The van der Waals surface area contributed by atoms with Crippen molar-refractivity contribution in [3.8, 4) is 0 Å². The maximum Gasteiger partial charge on any atom is -1.00 e. The van der Waals surface area contributed by atoms with Crippen LogP contribution >= 0.6 is 0 Å². The average Bonchev–Trinajstić information content (AvgIpc) is 3.21.